The molecule has 0 heterocycles. The van der Waals surface area contributed by atoms with Gasteiger partial charge in [-0.2, -0.15) is 0 Å². The summed E-state index contributed by atoms with van der Waals surface area (Å²) in [5, 5.41) is 9.31. The Kier molecular flexibility index (Phi) is 5.26. The Hall–Kier alpha value is -0.820. The molecule has 1 amide bonds. The fourth-order valence-electron chi connectivity index (χ4n) is 2.71. The zero-order valence-corrected chi connectivity index (χ0v) is 13.6. The van der Waals surface area contributed by atoms with Crippen molar-refractivity contribution in [2.75, 3.05) is 6.61 Å². The number of benzene rings is 1. The lowest BCUT2D eigenvalue weighted by Gasteiger charge is -2.21. The van der Waals surface area contributed by atoms with Gasteiger partial charge in [-0.3, -0.25) is 0 Å². The SMILES string of the molecule is C[C@H](CO)CC(c1ccccc1I)[C@@H]1CC1OC(N)=O. The molecule has 5 heteroatoms. The Balaban J connectivity index is 2.14. The Bertz CT molecular complexity index is 480. The molecular formula is C15H20INO3. The predicted molar refractivity (Wildman–Crippen MR) is 85.3 cm³/mol. The number of aliphatic hydroxyl groups excluding tert-OH is 1. The molecule has 0 aromatic heterocycles. The molecule has 20 heavy (non-hydrogen) atoms. The molecule has 110 valence electrons. The average Bonchev–Trinajstić information content (AvgIpc) is 3.14. The number of hydrogen-bond acceptors (Lipinski definition) is 3. The Morgan fingerprint density at radius 1 is 1.55 bits per heavy atom. The number of ether oxygens (including phenoxy) is 1. The standard InChI is InChI=1S/C15H20INO3/c1-9(8-18)6-11(10-4-2-3-5-13(10)16)12-7-14(12)20-15(17)19/h2-5,9,11-12,14,18H,6-8H2,1H3,(H2,17,19)/t9-,11?,12-,14?/m0/s1. The van der Waals surface area contributed by atoms with Crippen LogP contribution in [0.25, 0.3) is 0 Å². The number of carbonyl (C=O) groups is 1. The van der Waals surface area contributed by atoms with Crippen molar-refractivity contribution in [2.24, 2.45) is 17.6 Å². The third-order valence-corrected chi connectivity index (χ3v) is 4.82. The van der Waals surface area contributed by atoms with Crippen LogP contribution >= 0.6 is 22.6 Å². The summed E-state index contributed by atoms with van der Waals surface area (Å²) < 4.78 is 6.32. The first-order valence-corrected chi connectivity index (χ1v) is 7.92. The fourth-order valence-corrected chi connectivity index (χ4v) is 3.50. The lowest BCUT2D eigenvalue weighted by Crippen LogP contribution is -2.18. The minimum Gasteiger partial charge on any atom is -0.446 e. The molecule has 2 unspecified atom stereocenters. The van der Waals surface area contributed by atoms with Crippen LogP contribution < -0.4 is 5.73 Å². The van der Waals surface area contributed by atoms with Crippen molar-refractivity contribution in [2.45, 2.75) is 31.8 Å². The second-order valence-electron chi connectivity index (χ2n) is 5.53. The van der Waals surface area contributed by atoms with Crippen molar-refractivity contribution in [1.82, 2.24) is 0 Å². The van der Waals surface area contributed by atoms with Crippen LogP contribution in [0, 0.1) is 15.4 Å². The van der Waals surface area contributed by atoms with E-state index in [0.29, 0.717) is 11.8 Å². The quantitative estimate of drug-likeness (QED) is 0.735. The minimum absolute atomic E-state index is 0.0700. The molecule has 1 aliphatic carbocycles. The normalized spacial score (nSPS) is 23.9. The lowest BCUT2D eigenvalue weighted by atomic mass is 9.86. The monoisotopic (exact) mass is 389 g/mol. The van der Waals surface area contributed by atoms with Gasteiger partial charge in [0, 0.05) is 16.1 Å². The molecule has 1 aromatic carbocycles. The number of rotatable bonds is 6. The van der Waals surface area contributed by atoms with E-state index in [-0.39, 0.29) is 18.6 Å². The van der Waals surface area contributed by atoms with E-state index in [4.69, 9.17) is 10.5 Å². The maximum atomic E-state index is 10.9. The highest BCUT2D eigenvalue weighted by atomic mass is 127. The molecule has 1 saturated carbocycles. The maximum absolute atomic E-state index is 10.9. The van der Waals surface area contributed by atoms with Gasteiger partial charge in [0.15, 0.2) is 0 Å². The molecule has 1 fully saturated rings. The molecule has 0 saturated heterocycles. The van der Waals surface area contributed by atoms with Crippen LogP contribution in [-0.2, 0) is 4.74 Å². The highest BCUT2D eigenvalue weighted by molar-refractivity contribution is 14.1. The van der Waals surface area contributed by atoms with E-state index in [1.165, 1.54) is 9.13 Å². The summed E-state index contributed by atoms with van der Waals surface area (Å²) in [4.78, 5) is 10.9. The number of halogens is 1. The fraction of sp³-hybridized carbons (Fsp3) is 0.533. The summed E-state index contributed by atoms with van der Waals surface area (Å²) in [7, 11) is 0. The van der Waals surface area contributed by atoms with Gasteiger partial charge in [-0.15, -0.1) is 0 Å². The first-order chi connectivity index (χ1) is 9.52. The van der Waals surface area contributed by atoms with Crippen LogP contribution in [0.3, 0.4) is 0 Å². The molecule has 0 spiro atoms. The van der Waals surface area contributed by atoms with Gasteiger partial charge in [-0.1, -0.05) is 25.1 Å². The molecule has 0 aliphatic heterocycles. The molecule has 1 aliphatic rings. The Labute approximate surface area is 132 Å². The largest absolute Gasteiger partial charge is 0.446 e. The van der Waals surface area contributed by atoms with E-state index in [0.717, 1.165) is 12.8 Å². The summed E-state index contributed by atoms with van der Waals surface area (Å²) in [6.07, 6.45) is 0.977. The minimum atomic E-state index is -0.700. The first kappa shape index (κ1) is 15.6. The van der Waals surface area contributed by atoms with Gasteiger partial charge in [0.2, 0.25) is 0 Å². The van der Waals surface area contributed by atoms with Crippen molar-refractivity contribution >= 4 is 28.7 Å². The molecule has 0 bridgehead atoms. The predicted octanol–water partition coefficient (Wildman–Crippen LogP) is 2.88. The van der Waals surface area contributed by atoms with Crippen molar-refractivity contribution in [3.05, 3.63) is 33.4 Å². The second kappa shape index (κ2) is 6.76. The summed E-state index contributed by atoms with van der Waals surface area (Å²) in [5.74, 6) is 0.841. The van der Waals surface area contributed by atoms with Crippen molar-refractivity contribution in [1.29, 1.82) is 0 Å². The van der Waals surface area contributed by atoms with E-state index in [1.54, 1.807) is 0 Å². The van der Waals surface area contributed by atoms with Gasteiger partial charge in [-0.25, -0.2) is 4.79 Å². The van der Waals surface area contributed by atoms with Crippen molar-refractivity contribution < 1.29 is 14.6 Å². The van der Waals surface area contributed by atoms with E-state index in [9.17, 15) is 9.90 Å². The maximum Gasteiger partial charge on any atom is 0.404 e. The Morgan fingerprint density at radius 3 is 2.85 bits per heavy atom. The number of hydrogen-bond donors (Lipinski definition) is 2. The number of aliphatic hydroxyl groups is 1. The first-order valence-electron chi connectivity index (χ1n) is 6.84. The molecule has 1 aromatic rings. The number of amides is 1. The highest BCUT2D eigenvalue weighted by Crippen LogP contribution is 2.48. The van der Waals surface area contributed by atoms with Gasteiger partial charge in [0.05, 0.1) is 0 Å². The summed E-state index contributed by atoms with van der Waals surface area (Å²) >= 11 is 2.33. The van der Waals surface area contributed by atoms with Crippen LogP contribution in [-0.4, -0.2) is 23.9 Å². The molecule has 3 N–H and O–H groups in total. The van der Waals surface area contributed by atoms with E-state index in [1.807, 2.05) is 19.1 Å². The van der Waals surface area contributed by atoms with E-state index in [2.05, 4.69) is 34.7 Å². The molecule has 2 rings (SSSR count). The van der Waals surface area contributed by atoms with Crippen LogP contribution in [0.2, 0.25) is 0 Å². The van der Waals surface area contributed by atoms with Gasteiger partial charge in [0.25, 0.3) is 0 Å². The van der Waals surface area contributed by atoms with Crippen molar-refractivity contribution in [3.8, 4) is 0 Å². The lowest BCUT2D eigenvalue weighted by molar-refractivity contribution is 0.139. The Morgan fingerprint density at radius 2 is 2.25 bits per heavy atom. The zero-order valence-electron chi connectivity index (χ0n) is 11.5. The third kappa shape index (κ3) is 3.85. The topological polar surface area (TPSA) is 72.6 Å². The van der Waals surface area contributed by atoms with Crippen LogP contribution in [0.4, 0.5) is 4.79 Å². The second-order valence-corrected chi connectivity index (χ2v) is 6.69. The zero-order chi connectivity index (χ0) is 14.7. The van der Waals surface area contributed by atoms with Crippen LogP contribution in [0.15, 0.2) is 24.3 Å². The number of primary amides is 1. The third-order valence-electron chi connectivity index (χ3n) is 3.84. The highest BCUT2D eigenvalue weighted by Gasteiger charge is 2.46. The number of nitrogens with two attached hydrogens (primary N) is 1. The molecule has 4 atom stereocenters. The molecule has 0 radical (unpaired) electrons. The van der Waals surface area contributed by atoms with E-state index >= 15 is 0 Å². The molecule has 4 nitrogen and oxygen atoms in total. The van der Waals surface area contributed by atoms with Gasteiger partial charge in [-0.05, 0) is 58.9 Å². The summed E-state index contributed by atoms with van der Waals surface area (Å²) in [5.41, 5.74) is 6.36. The average molecular weight is 389 g/mol. The van der Waals surface area contributed by atoms with Gasteiger partial charge in [0.1, 0.15) is 6.10 Å². The van der Waals surface area contributed by atoms with Crippen LogP contribution in [0.5, 0.6) is 0 Å². The van der Waals surface area contributed by atoms with Crippen LogP contribution in [0.1, 0.15) is 31.2 Å². The summed E-state index contributed by atoms with van der Waals surface area (Å²) in [6.45, 7) is 2.21. The smallest absolute Gasteiger partial charge is 0.404 e. The molecular weight excluding hydrogens is 369 g/mol. The van der Waals surface area contributed by atoms with E-state index < -0.39 is 6.09 Å². The van der Waals surface area contributed by atoms with Gasteiger partial charge >= 0.3 is 6.09 Å². The van der Waals surface area contributed by atoms with Crippen molar-refractivity contribution in [3.63, 3.8) is 0 Å². The van der Waals surface area contributed by atoms with Gasteiger partial charge < -0.3 is 15.6 Å². The number of carbonyl (C=O) groups excluding carboxylic acids is 1. The summed E-state index contributed by atoms with van der Waals surface area (Å²) in [6, 6.07) is 8.25.